The van der Waals surface area contributed by atoms with Gasteiger partial charge >= 0.3 is 5.97 Å². The minimum Gasteiger partial charge on any atom is -0.462 e. The normalized spacial score (nSPS) is 12.9. The summed E-state index contributed by atoms with van der Waals surface area (Å²) in [6.45, 7) is 7.83. The molecule has 0 amide bonds. The molecule has 0 unspecified atom stereocenters. The van der Waals surface area contributed by atoms with Crippen LogP contribution in [0.1, 0.15) is 39.2 Å². The fourth-order valence-electron chi connectivity index (χ4n) is 1.76. The third kappa shape index (κ3) is 3.37. The van der Waals surface area contributed by atoms with Gasteiger partial charge in [0.05, 0.1) is 12.0 Å². The molecule has 0 spiro atoms. The Hall–Kier alpha value is -1.31. The second-order valence-electron chi connectivity index (χ2n) is 4.62. The minimum absolute atomic E-state index is 0.0579. The molecule has 1 aromatic rings. The molecule has 0 radical (unpaired) electrons. The summed E-state index contributed by atoms with van der Waals surface area (Å²) in [6.07, 6.45) is -0.0579. The van der Waals surface area contributed by atoms with Crippen molar-refractivity contribution in [2.45, 2.75) is 39.7 Å². The third-order valence-corrected chi connectivity index (χ3v) is 2.43. The van der Waals surface area contributed by atoms with Crippen molar-refractivity contribution in [3.8, 4) is 0 Å². The van der Waals surface area contributed by atoms with E-state index in [2.05, 4.69) is 0 Å². The van der Waals surface area contributed by atoms with Gasteiger partial charge < -0.3 is 4.74 Å². The van der Waals surface area contributed by atoms with Gasteiger partial charge in [0.2, 0.25) is 0 Å². The molecule has 0 saturated carbocycles. The molecule has 0 aliphatic heterocycles. The molecule has 0 aliphatic carbocycles. The molecule has 1 rings (SSSR count). The van der Waals surface area contributed by atoms with E-state index >= 15 is 0 Å². The minimum atomic E-state index is -0.163. The maximum absolute atomic E-state index is 12.0. The molecule has 0 aromatic heterocycles. The number of rotatable bonds is 4. The molecule has 2 heteroatoms. The smallest absolute Gasteiger partial charge is 0.313 e. The summed E-state index contributed by atoms with van der Waals surface area (Å²) in [5.74, 6) is -0.0477. The van der Waals surface area contributed by atoms with Crippen molar-refractivity contribution in [1.29, 1.82) is 0 Å². The van der Waals surface area contributed by atoms with E-state index in [4.69, 9.17) is 4.74 Å². The van der Waals surface area contributed by atoms with E-state index in [1.165, 1.54) is 0 Å². The summed E-state index contributed by atoms with van der Waals surface area (Å²) < 4.78 is 5.29. The van der Waals surface area contributed by atoms with Crippen LogP contribution in [-0.4, -0.2) is 12.1 Å². The lowest BCUT2D eigenvalue weighted by Crippen LogP contribution is -2.23. The fraction of sp³-hybridized carbons (Fsp3) is 0.500. The summed E-state index contributed by atoms with van der Waals surface area (Å²) in [6, 6.07) is 9.81. The molecule has 0 bridgehead atoms. The Morgan fingerprint density at radius 3 is 2.06 bits per heavy atom. The monoisotopic (exact) mass is 220 g/mol. The Bertz CT molecular complexity index is 328. The first kappa shape index (κ1) is 12.8. The lowest BCUT2D eigenvalue weighted by atomic mass is 9.88. The van der Waals surface area contributed by atoms with Crippen molar-refractivity contribution < 1.29 is 9.53 Å². The van der Waals surface area contributed by atoms with Crippen molar-refractivity contribution >= 4 is 5.97 Å². The molecule has 0 saturated heterocycles. The van der Waals surface area contributed by atoms with Crippen molar-refractivity contribution in [2.24, 2.45) is 5.92 Å². The van der Waals surface area contributed by atoms with Crippen LogP contribution in [0.4, 0.5) is 0 Å². The van der Waals surface area contributed by atoms with Crippen LogP contribution < -0.4 is 0 Å². The molecular formula is C14H20O2. The summed E-state index contributed by atoms with van der Waals surface area (Å²) in [7, 11) is 0. The number of hydrogen-bond acceptors (Lipinski definition) is 2. The lowest BCUT2D eigenvalue weighted by molar-refractivity contribution is -0.150. The highest BCUT2D eigenvalue weighted by Gasteiger charge is 2.25. The zero-order valence-electron chi connectivity index (χ0n) is 10.4. The second-order valence-corrected chi connectivity index (χ2v) is 4.62. The van der Waals surface area contributed by atoms with Gasteiger partial charge in [-0.05, 0) is 25.3 Å². The molecule has 0 aliphatic rings. The van der Waals surface area contributed by atoms with E-state index in [1.54, 1.807) is 0 Å². The SMILES string of the molecule is CC(C)OC(=O)[C@@H](c1ccccc1)C(C)C. The largest absolute Gasteiger partial charge is 0.462 e. The first-order chi connectivity index (χ1) is 7.52. The zero-order valence-corrected chi connectivity index (χ0v) is 10.4. The maximum atomic E-state index is 12.0. The Balaban J connectivity index is 2.88. The Morgan fingerprint density at radius 1 is 1.06 bits per heavy atom. The summed E-state index contributed by atoms with van der Waals surface area (Å²) in [5.41, 5.74) is 1.03. The highest BCUT2D eigenvalue weighted by molar-refractivity contribution is 5.78. The maximum Gasteiger partial charge on any atom is 0.313 e. The molecule has 1 atom stereocenters. The van der Waals surface area contributed by atoms with Crippen LogP contribution in [0.15, 0.2) is 30.3 Å². The van der Waals surface area contributed by atoms with Crippen LogP contribution in [0.5, 0.6) is 0 Å². The average Bonchev–Trinajstić information content (AvgIpc) is 2.17. The van der Waals surface area contributed by atoms with Crippen LogP contribution >= 0.6 is 0 Å². The Morgan fingerprint density at radius 2 is 1.62 bits per heavy atom. The number of esters is 1. The van der Waals surface area contributed by atoms with Crippen LogP contribution in [0.2, 0.25) is 0 Å². The van der Waals surface area contributed by atoms with Crippen molar-refractivity contribution in [3.63, 3.8) is 0 Å². The van der Waals surface area contributed by atoms with Gasteiger partial charge in [-0.25, -0.2) is 0 Å². The Labute approximate surface area is 97.6 Å². The highest BCUT2D eigenvalue weighted by atomic mass is 16.5. The van der Waals surface area contributed by atoms with Crippen LogP contribution in [0, 0.1) is 5.92 Å². The molecular weight excluding hydrogens is 200 g/mol. The first-order valence-corrected chi connectivity index (χ1v) is 5.77. The van der Waals surface area contributed by atoms with Gasteiger partial charge in [0.25, 0.3) is 0 Å². The van der Waals surface area contributed by atoms with Crippen LogP contribution in [0.3, 0.4) is 0 Å². The predicted octanol–water partition coefficient (Wildman–Crippen LogP) is 3.38. The van der Waals surface area contributed by atoms with Crippen molar-refractivity contribution in [1.82, 2.24) is 0 Å². The molecule has 88 valence electrons. The first-order valence-electron chi connectivity index (χ1n) is 5.77. The second kappa shape index (κ2) is 5.69. The molecule has 16 heavy (non-hydrogen) atoms. The third-order valence-electron chi connectivity index (χ3n) is 2.43. The number of ether oxygens (including phenoxy) is 1. The molecule has 1 aromatic carbocycles. The van der Waals surface area contributed by atoms with E-state index in [9.17, 15) is 4.79 Å². The van der Waals surface area contributed by atoms with Gasteiger partial charge in [0.15, 0.2) is 0 Å². The number of hydrogen-bond donors (Lipinski definition) is 0. The van der Waals surface area contributed by atoms with Gasteiger partial charge in [-0.15, -0.1) is 0 Å². The van der Waals surface area contributed by atoms with Gasteiger partial charge in [0.1, 0.15) is 0 Å². The molecule has 0 N–H and O–H groups in total. The van der Waals surface area contributed by atoms with E-state index in [1.807, 2.05) is 58.0 Å². The molecule has 2 nitrogen and oxygen atoms in total. The quantitative estimate of drug-likeness (QED) is 0.727. The van der Waals surface area contributed by atoms with E-state index in [0.29, 0.717) is 0 Å². The average molecular weight is 220 g/mol. The number of carbonyl (C=O) groups excluding carboxylic acids is 1. The topological polar surface area (TPSA) is 26.3 Å². The van der Waals surface area contributed by atoms with E-state index < -0.39 is 0 Å². The molecule has 0 fully saturated rings. The van der Waals surface area contributed by atoms with Gasteiger partial charge in [-0.1, -0.05) is 44.2 Å². The van der Waals surface area contributed by atoms with E-state index in [0.717, 1.165) is 5.56 Å². The number of benzene rings is 1. The van der Waals surface area contributed by atoms with Crippen molar-refractivity contribution in [3.05, 3.63) is 35.9 Å². The van der Waals surface area contributed by atoms with E-state index in [-0.39, 0.29) is 23.9 Å². The van der Waals surface area contributed by atoms with Crippen LogP contribution in [0.25, 0.3) is 0 Å². The summed E-state index contributed by atoms with van der Waals surface area (Å²) in [4.78, 5) is 12.0. The van der Waals surface area contributed by atoms with Crippen LogP contribution in [-0.2, 0) is 9.53 Å². The Kier molecular flexibility index (Phi) is 4.53. The number of carbonyl (C=O) groups is 1. The standard InChI is InChI=1S/C14H20O2/c1-10(2)13(14(15)16-11(3)4)12-8-6-5-7-9-12/h5-11,13H,1-4H3/t13-/m1/s1. The zero-order chi connectivity index (χ0) is 12.1. The predicted molar refractivity (Wildman–Crippen MR) is 65.2 cm³/mol. The molecule has 0 heterocycles. The lowest BCUT2D eigenvalue weighted by Gasteiger charge is -2.21. The van der Waals surface area contributed by atoms with Crippen molar-refractivity contribution in [2.75, 3.05) is 0 Å². The van der Waals surface area contributed by atoms with Gasteiger partial charge in [-0.2, -0.15) is 0 Å². The summed E-state index contributed by atoms with van der Waals surface area (Å²) in [5, 5.41) is 0. The summed E-state index contributed by atoms with van der Waals surface area (Å²) >= 11 is 0. The fourth-order valence-corrected chi connectivity index (χ4v) is 1.76. The van der Waals surface area contributed by atoms with Gasteiger partial charge in [-0.3, -0.25) is 4.79 Å². The highest BCUT2D eigenvalue weighted by Crippen LogP contribution is 2.26. The van der Waals surface area contributed by atoms with Gasteiger partial charge in [0, 0.05) is 0 Å².